The van der Waals surface area contributed by atoms with Crippen LogP contribution in [-0.2, 0) is 0 Å². The van der Waals surface area contributed by atoms with Crippen LogP contribution in [0.3, 0.4) is 0 Å². The predicted molar refractivity (Wildman–Crippen MR) is 76.9 cm³/mol. The Balaban J connectivity index is 1.87. The van der Waals surface area contributed by atoms with Gasteiger partial charge in [-0.3, -0.25) is 9.69 Å². The number of nitrogens with zero attached hydrogens (tertiary/aromatic N) is 3. The van der Waals surface area contributed by atoms with Gasteiger partial charge >= 0.3 is 0 Å². The number of aliphatic hydroxyl groups is 1. The molecule has 0 saturated heterocycles. The van der Waals surface area contributed by atoms with E-state index in [-0.39, 0.29) is 11.7 Å². The SMILES string of the molecule is N#Cc1ccc2c(N3C(=O)c4ccccc4C3O)noc2c1. The summed E-state index contributed by atoms with van der Waals surface area (Å²) in [6.45, 7) is 0. The van der Waals surface area contributed by atoms with Crippen molar-refractivity contribution in [2.45, 2.75) is 6.23 Å². The quantitative estimate of drug-likeness (QED) is 0.743. The average Bonchev–Trinajstić information content (AvgIpc) is 3.07. The summed E-state index contributed by atoms with van der Waals surface area (Å²) in [4.78, 5) is 13.7. The molecule has 6 heteroatoms. The molecule has 0 radical (unpaired) electrons. The Hall–Kier alpha value is -3.17. The Bertz CT molecular complexity index is 955. The van der Waals surface area contributed by atoms with Crippen molar-refractivity contribution in [2.24, 2.45) is 0 Å². The number of fused-ring (bicyclic) bond motifs is 2. The van der Waals surface area contributed by atoms with Crippen LogP contribution in [0.2, 0.25) is 0 Å². The van der Waals surface area contributed by atoms with Gasteiger partial charge in [0.15, 0.2) is 17.6 Å². The van der Waals surface area contributed by atoms with Crippen LogP contribution in [0.1, 0.15) is 27.7 Å². The van der Waals surface area contributed by atoms with Crippen molar-refractivity contribution in [2.75, 3.05) is 4.90 Å². The minimum Gasteiger partial charge on any atom is -0.369 e. The molecule has 3 aromatic rings. The summed E-state index contributed by atoms with van der Waals surface area (Å²) in [5.41, 5.74) is 1.81. The first-order valence-corrected chi connectivity index (χ1v) is 6.61. The summed E-state index contributed by atoms with van der Waals surface area (Å²) >= 11 is 0. The lowest BCUT2D eigenvalue weighted by atomic mass is 10.1. The summed E-state index contributed by atoms with van der Waals surface area (Å²) in [5, 5.41) is 23.8. The fourth-order valence-corrected chi connectivity index (χ4v) is 2.68. The molecule has 2 heterocycles. The van der Waals surface area contributed by atoms with Gasteiger partial charge in [-0.1, -0.05) is 23.4 Å². The molecular formula is C16H9N3O3. The van der Waals surface area contributed by atoms with E-state index in [0.29, 0.717) is 27.7 Å². The van der Waals surface area contributed by atoms with Crippen LogP contribution >= 0.6 is 0 Å². The van der Waals surface area contributed by atoms with Crippen molar-refractivity contribution in [1.82, 2.24) is 5.16 Å². The van der Waals surface area contributed by atoms with E-state index in [0.717, 1.165) is 0 Å². The fraction of sp³-hybridized carbons (Fsp3) is 0.0625. The lowest BCUT2D eigenvalue weighted by Gasteiger charge is -2.17. The zero-order valence-corrected chi connectivity index (χ0v) is 11.2. The molecule has 1 unspecified atom stereocenters. The van der Waals surface area contributed by atoms with Crippen LogP contribution in [0, 0.1) is 11.3 Å². The number of hydrogen-bond donors (Lipinski definition) is 1. The second-order valence-electron chi connectivity index (χ2n) is 4.96. The average molecular weight is 291 g/mol. The lowest BCUT2D eigenvalue weighted by molar-refractivity contribution is 0.0932. The Kier molecular flexibility index (Phi) is 2.52. The number of carbonyl (C=O) groups excluding carboxylic acids is 1. The summed E-state index contributed by atoms with van der Waals surface area (Å²) in [6.07, 6.45) is -1.10. The molecule has 1 aliphatic rings. The number of aromatic nitrogens is 1. The standard InChI is InChI=1S/C16H9N3O3/c17-8-9-5-6-12-13(7-9)22-18-14(12)19-15(20)10-3-1-2-4-11(10)16(19)21/h1-7,15,20H. The number of carbonyl (C=O) groups is 1. The zero-order chi connectivity index (χ0) is 15.3. The molecule has 1 aromatic heterocycles. The van der Waals surface area contributed by atoms with Crippen LogP contribution in [-0.4, -0.2) is 16.2 Å². The largest absolute Gasteiger partial charge is 0.369 e. The van der Waals surface area contributed by atoms with Gasteiger partial charge in [-0.25, -0.2) is 0 Å². The lowest BCUT2D eigenvalue weighted by Crippen LogP contribution is -2.27. The summed E-state index contributed by atoms with van der Waals surface area (Å²) in [7, 11) is 0. The molecule has 22 heavy (non-hydrogen) atoms. The number of aliphatic hydroxyl groups excluding tert-OH is 1. The summed E-state index contributed by atoms with van der Waals surface area (Å²) in [5.74, 6) is -0.0872. The fourth-order valence-electron chi connectivity index (χ4n) is 2.68. The number of nitriles is 1. The third-order valence-electron chi connectivity index (χ3n) is 3.74. The van der Waals surface area contributed by atoms with Gasteiger partial charge in [-0.05, 0) is 18.2 Å². The van der Waals surface area contributed by atoms with Gasteiger partial charge in [0.1, 0.15) is 0 Å². The van der Waals surface area contributed by atoms with Crippen molar-refractivity contribution >= 4 is 22.7 Å². The molecule has 0 saturated carbocycles. The van der Waals surface area contributed by atoms with Gasteiger partial charge in [0.25, 0.3) is 5.91 Å². The normalized spacial score (nSPS) is 16.8. The molecular weight excluding hydrogens is 282 g/mol. The van der Waals surface area contributed by atoms with Gasteiger partial charge in [-0.15, -0.1) is 0 Å². The minimum atomic E-state index is -1.10. The van der Waals surface area contributed by atoms with E-state index in [1.54, 1.807) is 42.5 Å². The van der Waals surface area contributed by atoms with Crippen molar-refractivity contribution in [1.29, 1.82) is 5.26 Å². The Labute approximate surface area is 124 Å². The summed E-state index contributed by atoms with van der Waals surface area (Å²) < 4.78 is 5.19. The second kappa shape index (κ2) is 4.41. The molecule has 4 rings (SSSR count). The maximum atomic E-state index is 12.5. The molecule has 1 aliphatic heterocycles. The van der Waals surface area contributed by atoms with E-state index in [2.05, 4.69) is 5.16 Å². The van der Waals surface area contributed by atoms with Gasteiger partial charge in [-0.2, -0.15) is 5.26 Å². The van der Waals surface area contributed by atoms with Crippen molar-refractivity contribution in [3.63, 3.8) is 0 Å². The van der Waals surface area contributed by atoms with E-state index in [9.17, 15) is 9.90 Å². The first-order chi connectivity index (χ1) is 10.7. The van der Waals surface area contributed by atoms with E-state index < -0.39 is 6.23 Å². The Morgan fingerprint density at radius 3 is 2.86 bits per heavy atom. The Morgan fingerprint density at radius 1 is 1.27 bits per heavy atom. The highest BCUT2D eigenvalue weighted by atomic mass is 16.5. The number of benzene rings is 2. The molecule has 1 amide bonds. The van der Waals surface area contributed by atoms with Gasteiger partial charge < -0.3 is 9.63 Å². The van der Waals surface area contributed by atoms with Crippen molar-refractivity contribution < 1.29 is 14.4 Å². The monoisotopic (exact) mass is 291 g/mol. The molecule has 6 nitrogen and oxygen atoms in total. The van der Waals surface area contributed by atoms with Crippen molar-refractivity contribution in [3.05, 3.63) is 59.2 Å². The molecule has 0 spiro atoms. The molecule has 0 fully saturated rings. The molecule has 1 N–H and O–H groups in total. The topological polar surface area (TPSA) is 90.4 Å². The van der Waals surface area contributed by atoms with Crippen LogP contribution in [0.15, 0.2) is 47.0 Å². The number of anilines is 1. The van der Waals surface area contributed by atoms with Crippen LogP contribution in [0.4, 0.5) is 5.82 Å². The van der Waals surface area contributed by atoms with Crippen LogP contribution < -0.4 is 4.90 Å². The molecule has 1 atom stereocenters. The first-order valence-electron chi connectivity index (χ1n) is 6.61. The molecule has 0 aliphatic carbocycles. The summed E-state index contributed by atoms with van der Waals surface area (Å²) in [6, 6.07) is 13.7. The predicted octanol–water partition coefficient (Wildman–Crippen LogP) is 2.35. The highest BCUT2D eigenvalue weighted by molar-refractivity contribution is 6.13. The third-order valence-corrected chi connectivity index (χ3v) is 3.74. The smallest absolute Gasteiger partial charge is 0.262 e. The zero-order valence-electron chi connectivity index (χ0n) is 11.2. The molecule has 0 bridgehead atoms. The Morgan fingerprint density at radius 2 is 2.09 bits per heavy atom. The van der Waals surface area contributed by atoms with Gasteiger partial charge in [0.05, 0.1) is 17.0 Å². The molecule has 2 aromatic carbocycles. The van der Waals surface area contributed by atoms with Crippen LogP contribution in [0.5, 0.6) is 0 Å². The van der Waals surface area contributed by atoms with Gasteiger partial charge in [0.2, 0.25) is 0 Å². The van der Waals surface area contributed by atoms with Gasteiger partial charge in [0, 0.05) is 17.2 Å². The second-order valence-corrected chi connectivity index (χ2v) is 4.96. The van der Waals surface area contributed by atoms with Crippen molar-refractivity contribution in [3.8, 4) is 6.07 Å². The minimum absolute atomic E-state index is 0.244. The van der Waals surface area contributed by atoms with E-state index in [1.807, 2.05) is 6.07 Å². The first kappa shape index (κ1) is 12.6. The third kappa shape index (κ3) is 1.57. The van der Waals surface area contributed by atoms with E-state index in [1.165, 1.54) is 4.90 Å². The highest BCUT2D eigenvalue weighted by Crippen LogP contribution is 2.38. The van der Waals surface area contributed by atoms with E-state index >= 15 is 0 Å². The maximum absolute atomic E-state index is 12.5. The molecule has 106 valence electrons. The number of rotatable bonds is 1. The van der Waals surface area contributed by atoms with E-state index in [4.69, 9.17) is 9.78 Å². The number of amides is 1. The number of hydrogen-bond acceptors (Lipinski definition) is 5. The maximum Gasteiger partial charge on any atom is 0.262 e. The van der Waals surface area contributed by atoms with Crippen LogP contribution in [0.25, 0.3) is 11.0 Å². The highest BCUT2D eigenvalue weighted by Gasteiger charge is 2.38.